The highest BCUT2D eigenvalue weighted by molar-refractivity contribution is 6.35. The molecule has 20 heavy (non-hydrogen) atoms. The Balaban J connectivity index is 2.38. The van der Waals surface area contributed by atoms with Crippen molar-refractivity contribution in [3.8, 4) is 0 Å². The van der Waals surface area contributed by atoms with Crippen molar-refractivity contribution in [2.75, 3.05) is 0 Å². The molecule has 0 fully saturated rings. The van der Waals surface area contributed by atoms with Gasteiger partial charge in [-0.25, -0.2) is 5.43 Å². The summed E-state index contributed by atoms with van der Waals surface area (Å²) in [5.41, 5.74) is 6.16. The molecule has 0 amide bonds. The smallest absolute Gasteiger partial charge is 0.0724 e. The van der Waals surface area contributed by atoms with Gasteiger partial charge in [0.25, 0.3) is 0 Å². The third kappa shape index (κ3) is 3.53. The third-order valence-corrected chi connectivity index (χ3v) is 3.83. The van der Waals surface area contributed by atoms with Crippen molar-refractivity contribution in [1.82, 2.24) is 5.43 Å². The predicted molar refractivity (Wildman–Crippen MR) is 86.1 cm³/mol. The number of halogens is 2. The first-order valence-electron chi connectivity index (χ1n) is 6.65. The van der Waals surface area contributed by atoms with Gasteiger partial charge in [0, 0.05) is 10.0 Å². The molecule has 0 saturated carbocycles. The fourth-order valence-corrected chi connectivity index (χ4v) is 2.84. The standard InChI is InChI=1S/C16H18Cl2N2/c1-2-4-11-5-3-6-12(9-11)16(20-19)14-8-7-13(17)10-15(14)18/h3,5-10,16,20H,2,4,19H2,1H3. The molecule has 0 aliphatic rings. The Morgan fingerprint density at radius 3 is 2.60 bits per heavy atom. The SMILES string of the molecule is CCCc1cccc(C(NN)c2ccc(Cl)cc2Cl)c1. The lowest BCUT2D eigenvalue weighted by atomic mass is 9.96. The average molecular weight is 309 g/mol. The molecule has 0 aliphatic heterocycles. The highest BCUT2D eigenvalue weighted by Crippen LogP contribution is 2.30. The van der Waals surface area contributed by atoms with Gasteiger partial charge < -0.3 is 0 Å². The van der Waals surface area contributed by atoms with Gasteiger partial charge in [-0.05, 0) is 35.2 Å². The summed E-state index contributed by atoms with van der Waals surface area (Å²) in [5, 5.41) is 1.23. The van der Waals surface area contributed by atoms with E-state index in [9.17, 15) is 0 Å². The maximum absolute atomic E-state index is 6.27. The summed E-state index contributed by atoms with van der Waals surface area (Å²) in [5.74, 6) is 5.73. The molecule has 0 radical (unpaired) electrons. The van der Waals surface area contributed by atoms with E-state index in [1.54, 1.807) is 6.07 Å². The molecule has 106 valence electrons. The molecule has 2 nitrogen and oxygen atoms in total. The maximum Gasteiger partial charge on any atom is 0.0724 e. The van der Waals surface area contributed by atoms with Crippen molar-refractivity contribution in [1.29, 1.82) is 0 Å². The molecule has 2 aromatic rings. The Morgan fingerprint density at radius 2 is 1.95 bits per heavy atom. The lowest BCUT2D eigenvalue weighted by molar-refractivity contribution is 0.636. The number of rotatable bonds is 5. The molecule has 4 heteroatoms. The monoisotopic (exact) mass is 308 g/mol. The van der Waals surface area contributed by atoms with Gasteiger partial charge in [0.15, 0.2) is 0 Å². The first-order chi connectivity index (χ1) is 9.65. The average Bonchev–Trinajstić information content (AvgIpc) is 2.43. The minimum Gasteiger partial charge on any atom is -0.271 e. The Labute approximate surface area is 129 Å². The van der Waals surface area contributed by atoms with Crippen molar-refractivity contribution in [2.45, 2.75) is 25.8 Å². The van der Waals surface area contributed by atoms with Gasteiger partial charge in [0.1, 0.15) is 0 Å². The molecule has 0 aromatic heterocycles. The molecule has 1 atom stereocenters. The van der Waals surface area contributed by atoms with E-state index in [4.69, 9.17) is 29.0 Å². The number of hydrogen-bond donors (Lipinski definition) is 2. The van der Waals surface area contributed by atoms with E-state index in [2.05, 4.69) is 36.6 Å². The second-order valence-corrected chi connectivity index (χ2v) is 5.60. The van der Waals surface area contributed by atoms with Gasteiger partial charge in [-0.1, -0.05) is 66.9 Å². The number of benzene rings is 2. The van der Waals surface area contributed by atoms with Gasteiger partial charge in [0.05, 0.1) is 6.04 Å². The van der Waals surface area contributed by atoms with Gasteiger partial charge >= 0.3 is 0 Å². The van der Waals surface area contributed by atoms with Crippen molar-refractivity contribution >= 4 is 23.2 Å². The maximum atomic E-state index is 6.27. The van der Waals surface area contributed by atoms with Gasteiger partial charge in [-0.2, -0.15) is 0 Å². The first kappa shape index (κ1) is 15.3. The molecule has 0 aliphatic carbocycles. The second kappa shape index (κ2) is 7.09. The molecular weight excluding hydrogens is 291 g/mol. The zero-order valence-electron chi connectivity index (χ0n) is 11.4. The summed E-state index contributed by atoms with van der Waals surface area (Å²) in [6.07, 6.45) is 2.17. The third-order valence-electron chi connectivity index (χ3n) is 3.26. The summed E-state index contributed by atoms with van der Waals surface area (Å²) in [4.78, 5) is 0. The van der Waals surface area contributed by atoms with Crippen LogP contribution in [0.3, 0.4) is 0 Å². The number of aryl methyl sites for hydroxylation is 1. The van der Waals surface area contributed by atoms with Gasteiger partial charge in [-0.15, -0.1) is 0 Å². The van der Waals surface area contributed by atoms with Crippen LogP contribution in [-0.2, 0) is 6.42 Å². The molecule has 3 N–H and O–H groups in total. The van der Waals surface area contributed by atoms with E-state index >= 15 is 0 Å². The minimum absolute atomic E-state index is 0.142. The summed E-state index contributed by atoms with van der Waals surface area (Å²) < 4.78 is 0. The van der Waals surface area contributed by atoms with E-state index in [0.29, 0.717) is 10.0 Å². The van der Waals surface area contributed by atoms with Crippen molar-refractivity contribution in [3.05, 3.63) is 69.2 Å². The van der Waals surface area contributed by atoms with E-state index in [1.165, 1.54) is 5.56 Å². The molecular formula is C16H18Cl2N2. The van der Waals surface area contributed by atoms with Crippen LogP contribution in [0, 0.1) is 0 Å². The summed E-state index contributed by atoms with van der Waals surface area (Å²) >= 11 is 12.2. The van der Waals surface area contributed by atoms with Crippen LogP contribution in [0.15, 0.2) is 42.5 Å². The number of nitrogens with one attached hydrogen (secondary N) is 1. The Kier molecular flexibility index (Phi) is 5.44. The Morgan fingerprint density at radius 1 is 1.15 bits per heavy atom. The molecule has 0 heterocycles. The summed E-state index contributed by atoms with van der Waals surface area (Å²) in [6.45, 7) is 2.17. The highest BCUT2D eigenvalue weighted by atomic mass is 35.5. The number of nitrogens with two attached hydrogens (primary N) is 1. The van der Waals surface area contributed by atoms with E-state index in [1.807, 2.05) is 12.1 Å². The van der Waals surface area contributed by atoms with Crippen molar-refractivity contribution in [3.63, 3.8) is 0 Å². The van der Waals surface area contributed by atoms with Crippen molar-refractivity contribution in [2.24, 2.45) is 5.84 Å². The number of hydrazine groups is 1. The van der Waals surface area contributed by atoms with Gasteiger partial charge in [0.2, 0.25) is 0 Å². The zero-order valence-corrected chi connectivity index (χ0v) is 12.9. The van der Waals surface area contributed by atoms with Crippen LogP contribution in [0.2, 0.25) is 10.0 Å². The number of hydrogen-bond acceptors (Lipinski definition) is 2. The Bertz CT molecular complexity index is 584. The molecule has 1 unspecified atom stereocenters. The predicted octanol–water partition coefficient (Wildman–Crippen LogP) is 4.50. The quantitative estimate of drug-likeness (QED) is 0.630. The van der Waals surface area contributed by atoms with Crippen LogP contribution in [0.5, 0.6) is 0 Å². The van der Waals surface area contributed by atoms with Crippen LogP contribution in [0.4, 0.5) is 0 Å². The molecule has 0 saturated heterocycles. The summed E-state index contributed by atoms with van der Waals surface area (Å²) in [6, 6.07) is 13.7. The Hall–Kier alpha value is -1.06. The molecule has 0 bridgehead atoms. The molecule has 2 aromatic carbocycles. The highest BCUT2D eigenvalue weighted by Gasteiger charge is 2.16. The molecule has 0 spiro atoms. The van der Waals surface area contributed by atoms with E-state index in [-0.39, 0.29) is 6.04 Å². The van der Waals surface area contributed by atoms with Gasteiger partial charge in [-0.3, -0.25) is 5.84 Å². The first-order valence-corrected chi connectivity index (χ1v) is 7.41. The topological polar surface area (TPSA) is 38.0 Å². The fraction of sp³-hybridized carbons (Fsp3) is 0.250. The van der Waals surface area contributed by atoms with Crippen LogP contribution in [-0.4, -0.2) is 0 Å². The van der Waals surface area contributed by atoms with Crippen LogP contribution in [0.1, 0.15) is 36.1 Å². The zero-order chi connectivity index (χ0) is 14.5. The largest absolute Gasteiger partial charge is 0.271 e. The lowest BCUT2D eigenvalue weighted by Crippen LogP contribution is -2.29. The molecule has 2 rings (SSSR count). The minimum atomic E-state index is -0.142. The van der Waals surface area contributed by atoms with E-state index in [0.717, 1.165) is 24.0 Å². The van der Waals surface area contributed by atoms with Crippen LogP contribution < -0.4 is 11.3 Å². The van der Waals surface area contributed by atoms with Crippen LogP contribution >= 0.6 is 23.2 Å². The lowest BCUT2D eigenvalue weighted by Gasteiger charge is -2.19. The van der Waals surface area contributed by atoms with E-state index < -0.39 is 0 Å². The second-order valence-electron chi connectivity index (χ2n) is 4.76. The van der Waals surface area contributed by atoms with Crippen molar-refractivity contribution < 1.29 is 0 Å². The van der Waals surface area contributed by atoms with Crippen LogP contribution in [0.25, 0.3) is 0 Å². The summed E-state index contributed by atoms with van der Waals surface area (Å²) in [7, 11) is 0. The normalized spacial score (nSPS) is 12.4. The fourth-order valence-electron chi connectivity index (χ4n) is 2.32.